The van der Waals surface area contributed by atoms with Gasteiger partial charge in [-0.25, -0.2) is 4.98 Å². The highest BCUT2D eigenvalue weighted by molar-refractivity contribution is 5.64. The Morgan fingerprint density at radius 1 is 0.848 bits per heavy atom. The van der Waals surface area contributed by atoms with E-state index in [0.29, 0.717) is 5.92 Å². The molecular weight excluding hydrogens is 402 g/mol. The van der Waals surface area contributed by atoms with Crippen LogP contribution in [0, 0.1) is 5.92 Å². The number of aromatic amines is 1. The Bertz CT molecular complexity index is 1130. The lowest BCUT2D eigenvalue weighted by molar-refractivity contribution is 0.427. The van der Waals surface area contributed by atoms with Gasteiger partial charge in [0.05, 0.1) is 11.9 Å². The van der Waals surface area contributed by atoms with Gasteiger partial charge in [0, 0.05) is 18.7 Å². The highest BCUT2D eigenvalue weighted by Crippen LogP contribution is 2.34. The van der Waals surface area contributed by atoms with Gasteiger partial charge in [-0.2, -0.15) is 0 Å². The summed E-state index contributed by atoms with van der Waals surface area (Å²) in [5.41, 5.74) is 6.11. The van der Waals surface area contributed by atoms with Gasteiger partial charge in [-0.05, 0) is 41.0 Å². The monoisotopic (exact) mass is 435 g/mol. The second-order valence-electron chi connectivity index (χ2n) is 9.34. The van der Waals surface area contributed by atoms with E-state index < -0.39 is 0 Å². The summed E-state index contributed by atoms with van der Waals surface area (Å²) < 4.78 is 0. The molecule has 3 aromatic carbocycles. The fraction of sp³-hybridized carbons (Fsp3) is 0.300. The van der Waals surface area contributed by atoms with E-state index >= 15 is 0 Å². The molecule has 1 atom stereocenters. The van der Waals surface area contributed by atoms with Crippen molar-refractivity contribution < 1.29 is 0 Å². The van der Waals surface area contributed by atoms with Crippen LogP contribution in [-0.4, -0.2) is 16.5 Å². The molecule has 1 aromatic heterocycles. The number of nitrogens with zero attached hydrogens (tertiary/aromatic N) is 1. The summed E-state index contributed by atoms with van der Waals surface area (Å²) in [6.45, 7) is 1.90. The van der Waals surface area contributed by atoms with Crippen LogP contribution in [0.15, 0.2) is 91.1 Å². The molecule has 3 nitrogen and oxygen atoms in total. The molecule has 1 fully saturated rings. The first-order valence-electron chi connectivity index (χ1n) is 12.3. The standard InChI is InChI=1S/C30H33N3/c1-3-13-25(14-4-1)28(18-23-10-7-8-11-23)21-31-20-24-12-9-17-27(19-24)29-22-32-30(33-29)26-15-5-2-6-16-26/h1-6,9,12-17,19,22-23,28,31H,7-8,10-11,18,20-21H2,(H,32,33). The lowest BCUT2D eigenvalue weighted by atomic mass is 9.88. The van der Waals surface area contributed by atoms with Crippen LogP contribution in [0.4, 0.5) is 0 Å². The topological polar surface area (TPSA) is 40.7 Å². The third kappa shape index (κ3) is 5.61. The Morgan fingerprint density at radius 2 is 1.58 bits per heavy atom. The third-order valence-corrected chi connectivity index (χ3v) is 6.94. The van der Waals surface area contributed by atoms with Gasteiger partial charge >= 0.3 is 0 Å². The minimum absolute atomic E-state index is 0.582. The molecule has 168 valence electrons. The van der Waals surface area contributed by atoms with E-state index in [1.54, 1.807) is 0 Å². The van der Waals surface area contributed by atoms with Gasteiger partial charge in [-0.15, -0.1) is 0 Å². The number of benzene rings is 3. The molecule has 0 saturated heterocycles. The summed E-state index contributed by atoms with van der Waals surface area (Å²) in [4.78, 5) is 8.07. The van der Waals surface area contributed by atoms with Crippen molar-refractivity contribution in [2.45, 2.75) is 44.6 Å². The molecular formula is C30H33N3. The average molecular weight is 436 g/mol. The first-order valence-corrected chi connectivity index (χ1v) is 12.3. The summed E-state index contributed by atoms with van der Waals surface area (Å²) in [6.07, 6.45) is 8.86. The third-order valence-electron chi connectivity index (χ3n) is 6.94. The normalized spacial score (nSPS) is 15.0. The zero-order valence-corrected chi connectivity index (χ0v) is 19.2. The molecule has 5 rings (SSSR count). The molecule has 4 aromatic rings. The van der Waals surface area contributed by atoms with Gasteiger partial charge in [-0.1, -0.05) is 105 Å². The summed E-state index contributed by atoms with van der Waals surface area (Å²) in [7, 11) is 0. The quantitative estimate of drug-likeness (QED) is 0.292. The fourth-order valence-electron chi connectivity index (χ4n) is 5.16. The van der Waals surface area contributed by atoms with Crippen molar-refractivity contribution in [1.29, 1.82) is 0 Å². The van der Waals surface area contributed by atoms with Gasteiger partial charge in [-0.3, -0.25) is 0 Å². The fourth-order valence-corrected chi connectivity index (χ4v) is 5.16. The molecule has 2 N–H and O–H groups in total. The van der Waals surface area contributed by atoms with E-state index in [9.17, 15) is 0 Å². The molecule has 33 heavy (non-hydrogen) atoms. The van der Waals surface area contributed by atoms with Crippen LogP contribution in [0.3, 0.4) is 0 Å². The van der Waals surface area contributed by atoms with Gasteiger partial charge in [0.1, 0.15) is 5.82 Å². The zero-order valence-electron chi connectivity index (χ0n) is 19.2. The Morgan fingerprint density at radius 3 is 2.36 bits per heavy atom. The molecule has 0 radical (unpaired) electrons. The molecule has 1 saturated carbocycles. The van der Waals surface area contributed by atoms with E-state index in [4.69, 9.17) is 0 Å². The highest BCUT2D eigenvalue weighted by atomic mass is 14.9. The SMILES string of the molecule is c1ccc(-c2ncc(-c3cccc(CNCC(CC4CCCC4)c4ccccc4)c3)[nH]2)cc1. The number of aromatic nitrogens is 2. The van der Waals surface area contributed by atoms with E-state index in [0.717, 1.165) is 36.1 Å². The Labute approximate surface area is 197 Å². The van der Waals surface area contributed by atoms with Crippen molar-refractivity contribution in [2.24, 2.45) is 5.92 Å². The van der Waals surface area contributed by atoms with Crippen molar-refractivity contribution in [1.82, 2.24) is 15.3 Å². The van der Waals surface area contributed by atoms with E-state index in [2.05, 4.69) is 82.0 Å². The number of rotatable bonds is 9. The molecule has 0 amide bonds. The lowest BCUT2D eigenvalue weighted by Gasteiger charge is -2.22. The summed E-state index contributed by atoms with van der Waals surface area (Å²) >= 11 is 0. The minimum atomic E-state index is 0.582. The average Bonchev–Trinajstić information content (AvgIpc) is 3.57. The molecule has 0 bridgehead atoms. The summed E-state index contributed by atoms with van der Waals surface area (Å²) in [5.74, 6) is 2.38. The van der Waals surface area contributed by atoms with Crippen LogP contribution in [0.25, 0.3) is 22.6 Å². The lowest BCUT2D eigenvalue weighted by Crippen LogP contribution is -2.22. The van der Waals surface area contributed by atoms with Crippen LogP contribution in [0.5, 0.6) is 0 Å². The summed E-state index contributed by atoms with van der Waals surface area (Å²) in [6, 6.07) is 30.1. The maximum absolute atomic E-state index is 4.59. The van der Waals surface area contributed by atoms with Crippen molar-refractivity contribution in [2.75, 3.05) is 6.54 Å². The first-order chi connectivity index (χ1) is 16.3. The zero-order chi connectivity index (χ0) is 22.3. The van der Waals surface area contributed by atoms with Crippen LogP contribution in [0.1, 0.15) is 49.1 Å². The van der Waals surface area contributed by atoms with Gasteiger partial charge in [0.2, 0.25) is 0 Å². The summed E-state index contributed by atoms with van der Waals surface area (Å²) in [5, 5.41) is 3.76. The maximum atomic E-state index is 4.59. The maximum Gasteiger partial charge on any atom is 0.137 e. The number of H-pyrrole nitrogens is 1. The Balaban J connectivity index is 1.23. The molecule has 0 spiro atoms. The van der Waals surface area contributed by atoms with E-state index in [1.165, 1.54) is 48.8 Å². The number of hydrogen-bond donors (Lipinski definition) is 2. The van der Waals surface area contributed by atoms with Crippen molar-refractivity contribution in [3.05, 3.63) is 102 Å². The van der Waals surface area contributed by atoms with Crippen LogP contribution in [-0.2, 0) is 6.54 Å². The predicted molar refractivity (Wildman–Crippen MR) is 137 cm³/mol. The number of hydrogen-bond acceptors (Lipinski definition) is 2. The minimum Gasteiger partial charge on any atom is -0.338 e. The smallest absolute Gasteiger partial charge is 0.137 e. The van der Waals surface area contributed by atoms with Crippen molar-refractivity contribution >= 4 is 0 Å². The molecule has 0 aliphatic heterocycles. The van der Waals surface area contributed by atoms with Crippen LogP contribution >= 0.6 is 0 Å². The van der Waals surface area contributed by atoms with E-state index in [1.807, 2.05) is 24.4 Å². The second kappa shape index (κ2) is 10.6. The van der Waals surface area contributed by atoms with Gasteiger partial charge in [0.15, 0.2) is 0 Å². The number of imidazole rings is 1. The van der Waals surface area contributed by atoms with E-state index in [-0.39, 0.29) is 0 Å². The second-order valence-corrected chi connectivity index (χ2v) is 9.34. The Hall–Kier alpha value is -3.17. The van der Waals surface area contributed by atoms with Crippen molar-refractivity contribution in [3.63, 3.8) is 0 Å². The van der Waals surface area contributed by atoms with Gasteiger partial charge in [0.25, 0.3) is 0 Å². The predicted octanol–water partition coefficient (Wildman–Crippen LogP) is 7.20. The molecule has 1 unspecified atom stereocenters. The largest absolute Gasteiger partial charge is 0.338 e. The van der Waals surface area contributed by atoms with Crippen molar-refractivity contribution in [3.8, 4) is 22.6 Å². The first kappa shape index (κ1) is 21.7. The Kier molecular flexibility index (Phi) is 6.98. The highest BCUT2D eigenvalue weighted by Gasteiger charge is 2.21. The van der Waals surface area contributed by atoms with Gasteiger partial charge < -0.3 is 10.3 Å². The van der Waals surface area contributed by atoms with Crippen LogP contribution < -0.4 is 5.32 Å². The number of nitrogens with one attached hydrogen (secondary N) is 2. The molecule has 3 heteroatoms. The molecule has 1 aliphatic carbocycles. The molecule has 1 heterocycles. The van der Waals surface area contributed by atoms with Crippen LogP contribution in [0.2, 0.25) is 0 Å². The molecule has 1 aliphatic rings.